The first-order valence-electron chi connectivity index (χ1n) is 5.14. The van der Waals surface area contributed by atoms with Gasteiger partial charge in [-0.1, -0.05) is 24.6 Å². The third kappa shape index (κ3) is 1.38. The SMILES string of the molecule is O=C(O)c1ccccc1C1(C(=O)O)CCC1. The molecule has 1 aliphatic rings. The summed E-state index contributed by atoms with van der Waals surface area (Å²) < 4.78 is 0. The Kier molecular flexibility index (Phi) is 2.42. The van der Waals surface area contributed by atoms with Gasteiger partial charge < -0.3 is 10.2 Å². The number of benzene rings is 1. The van der Waals surface area contributed by atoms with Crippen molar-refractivity contribution in [3.63, 3.8) is 0 Å². The van der Waals surface area contributed by atoms with Crippen LogP contribution >= 0.6 is 0 Å². The average molecular weight is 220 g/mol. The molecule has 1 aliphatic carbocycles. The van der Waals surface area contributed by atoms with E-state index >= 15 is 0 Å². The van der Waals surface area contributed by atoms with Crippen molar-refractivity contribution in [2.45, 2.75) is 24.7 Å². The van der Waals surface area contributed by atoms with Gasteiger partial charge in [-0.2, -0.15) is 0 Å². The third-order valence-corrected chi connectivity index (χ3v) is 3.29. The predicted octanol–water partition coefficient (Wildman–Crippen LogP) is 1.89. The van der Waals surface area contributed by atoms with Crippen LogP contribution in [-0.4, -0.2) is 22.2 Å². The first-order valence-corrected chi connectivity index (χ1v) is 5.14. The highest BCUT2D eigenvalue weighted by Crippen LogP contribution is 2.45. The quantitative estimate of drug-likeness (QED) is 0.815. The molecular weight excluding hydrogens is 208 g/mol. The zero-order valence-corrected chi connectivity index (χ0v) is 8.64. The standard InChI is InChI=1S/C12H12O4/c13-10(14)8-4-1-2-5-9(8)12(11(15)16)6-3-7-12/h1-2,4-5H,3,6-7H2,(H,13,14)(H,15,16). The van der Waals surface area contributed by atoms with Crippen LogP contribution in [-0.2, 0) is 10.2 Å². The maximum absolute atomic E-state index is 11.3. The first-order chi connectivity index (χ1) is 7.58. The molecular formula is C12H12O4. The maximum Gasteiger partial charge on any atom is 0.335 e. The van der Waals surface area contributed by atoms with Crippen molar-refractivity contribution in [1.82, 2.24) is 0 Å². The molecule has 2 N–H and O–H groups in total. The van der Waals surface area contributed by atoms with Crippen molar-refractivity contribution >= 4 is 11.9 Å². The topological polar surface area (TPSA) is 74.6 Å². The van der Waals surface area contributed by atoms with Crippen molar-refractivity contribution in [2.24, 2.45) is 0 Å². The molecule has 0 aliphatic heterocycles. The molecule has 1 fully saturated rings. The zero-order valence-electron chi connectivity index (χ0n) is 8.64. The van der Waals surface area contributed by atoms with E-state index in [2.05, 4.69) is 0 Å². The van der Waals surface area contributed by atoms with E-state index in [0.717, 1.165) is 6.42 Å². The summed E-state index contributed by atoms with van der Waals surface area (Å²) in [7, 11) is 0. The second-order valence-corrected chi connectivity index (χ2v) is 4.09. The van der Waals surface area contributed by atoms with Gasteiger partial charge in [-0.3, -0.25) is 4.79 Å². The molecule has 0 aromatic heterocycles. The summed E-state index contributed by atoms with van der Waals surface area (Å²) >= 11 is 0. The Hall–Kier alpha value is -1.84. The first kappa shape index (κ1) is 10.7. The molecule has 1 saturated carbocycles. The summed E-state index contributed by atoms with van der Waals surface area (Å²) in [5.74, 6) is -1.99. The number of carbonyl (C=O) groups is 2. The molecule has 4 heteroatoms. The second-order valence-electron chi connectivity index (χ2n) is 4.09. The van der Waals surface area contributed by atoms with Crippen LogP contribution in [0.2, 0.25) is 0 Å². The van der Waals surface area contributed by atoms with Crippen LogP contribution in [0, 0.1) is 0 Å². The molecule has 0 heterocycles. The number of carboxylic acids is 2. The van der Waals surface area contributed by atoms with E-state index in [1.165, 1.54) is 6.07 Å². The van der Waals surface area contributed by atoms with Crippen molar-refractivity contribution < 1.29 is 19.8 Å². The van der Waals surface area contributed by atoms with Crippen LogP contribution in [0.3, 0.4) is 0 Å². The van der Waals surface area contributed by atoms with Crippen molar-refractivity contribution in [1.29, 1.82) is 0 Å². The van der Waals surface area contributed by atoms with Crippen LogP contribution in [0.25, 0.3) is 0 Å². The molecule has 0 saturated heterocycles. The van der Waals surface area contributed by atoms with E-state index in [1.54, 1.807) is 18.2 Å². The molecule has 0 spiro atoms. The molecule has 0 unspecified atom stereocenters. The Morgan fingerprint density at radius 2 is 1.75 bits per heavy atom. The lowest BCUT2D eigenvalue weighted by Gasteiger charge is -2.38. The minimum Gasteiger partial charge on any atom is -0.481 e. The average Bonchev–Trinajstić information content (AvgIpc) is 2.15. The molecule has 2 rings (SSSR count). The third-order valence-electron chi connectivity index (χ3n) is 3.29. The summed E-state index contributed by atoms with van der Waals surface area (Å²) in [6, 6.07) is 6.36. The monoisotopic (exact) mass is 220 g/mol. The van der Waals surface area contributed by atoms with Crippen LogP contribution in [0.4, 0.5) is 0 Å². The van der Waals surface area contributed by atoms with Crippen molar-refractivity contribution in [3.05, 3.63) is 35.4 Å². The van der Waals surface area contributed by atoms with E-state index in [9.17, 15) is 14.7 Å². The van der Waals surface area contributed by atoms with E-state index < -0.39 is 17.4 Å². The Labute approximate surface area is 92.5 Å². The molecule has 1 aromatic rings. The smallest absolute Gasteiger partial charge is 0.335 e. The predicted molar refractivity (Wildman–Crippen MR) is 56.6 cm³/mol. The summed E-state index contributed by atoms with van der Waals surface area (Å²) in [6.07, 6.45) is 1.87. The molecule has 0 radical (unpaired) electrons. The summed E-state index contributed by atoms with van der Waals surface area (Å²) in [5.41, 5.74) is -0.444. The fourth-order valence-electron chi connectivity index (χ4n) is 2.22. The van der Waals surface area contributed by atoms with Crippen LogP contribution in [0.5, 0.6) is 0 Å². The number of aliphatic carboxylic acids is 1. The Morgan fingerprint density at radius 3 is 2.19 bits per heavy atom. The summed E-state index contributed by atoms with van der Waals surface area (Å²) in [5, 5.41) is 18.3. The molecule has 1 aromatic carbocycles. The van der Waals surface area contributed by atoms with Crippen LogP contribution in [0.15, 0.2) is 24.3 Å². The van der Waals surface area contributed by atoms with E-state index in [0.29, 0.717) is 18.4 Å². The molecule has 0 amide bonds. The van der Waals surface area contributed by atoms with Crippen molar-refractivity contribution in [2.75, 3.05) is 0 Å². The second kappa shape index (κ2) is 3.63. The normalized spacial score (nSPS) is 17.5. The molecule has 16 heavy (non-hydrogen) atoms. The molecule has 0 bridgehead atoms. The van der Waals surface area contributed by atoms with Gasteiger partial charge in [0.1, 0.15) is 0 Å². The lowest BCUT2D eigenvalue weighted by atomic mass is 9.63. The minimum absolute atomic E-state index is 0.101. The van der Waals surface area contributed by atoms with Gasteiger partial charge in [0.2, 0.25) is 0 Å². The van der Waals surface area contributed by atoms with Crippen molar-refractivity contribution in [3.8, 4) is 0 Å². The van der Waals surface area contributed by atoms with Gasteiger partial charge in [0.15, 0.2) is 0 Å². The zero-order chi connectivity index (χ0) is 11.8. The van der Waals surface area contributed by atoms with Crippen LogP contribution in [0.1, 0.15) is 35.2 Å². The van der Waals surface area contributed by atoms with Gasteiger partial charge in [0.25, 0.3) is 0 Å². The Balaban J connectivity index is 2.54. The van der Waals surface area contributed by atoms with E-state index in [-0.39, 0.29) is 5.56 Å². The fraction of sp³-hybridized carbons (Fsp3) is 0.333. The molecule has 0 atom stereocenters. The highest BCUT2D eigenvalue weighted by atomic mass is 16.4. The highest BCUT2D eigenvalue weighted by Gasteiger charge is 2.47. The fourth-order valence-corrected chi connectivity index (χ4v) is 2.22. The van der Waals surface area contributed by atoms with Gasteiger partial charge in [0.05, 0.1) is 11.0 Å². The Morgan fingerprint density at radius 1 is 1.12 bits per heavy atom. The number of aromatic carboxylic acids is 1. The number of rotatable bonds is 3. The maximum atomic E-state index is 11.3. The number of carboxylic acid groups (broad SMARTS) is 2. The molecule has 84 valence electrons. The largest absolute Gasteiger partial charge is 0.481 e. The lowest BCUT2D eigenvalue weighted by Crippen LogP contribution is -2.43. The number of hydrogen-bond donors (Lipinski definition) is 2. The van der Waals surface area contributed by atoms with Gasteiger partial charge in [-0.25, -0.2) is 4.79 Å². The summed E-state index contributed by atoms with van der Waals surface area (Å²) in [6.45, 7) is 0. The number of hydrogen-bond acceptors (Lipinski definition) is 2. The van der Waals surface area contributed by atoms with Gasteiger partial charge in [-0.05, 0) is 24.5 Å². The van der Waals surface area contributed by atoms with Crippen LogP contribution < -0.4 is 0 Å². The Bertz CT molecular complexity index is 446. The minimum atomic E-state index is -1.07. The summed E-state index contributed by atoms with van der Waals surface area (Å²) in [4.78, 5) is 22.3. The lowest BCUT2D eigenvalue weighted by molar-refractivity contribution is -0.147. The van der Waals surface area contributed by atoms with Gasteiger partial charge >= 0.3 is 11.9 Å². The highest BCUT2D eigenvalue weighted by molar-refractivity contribution is 5.94. The van der Waals surface area contributed by atoms with Gasteiger partial charge in [-0.15, -0.1) is 0 Å². The van der Waals surface area contributed by atoms with E-state index in [4.69, 9.17) is 5.11 Å². The van der Waals surface area contributed by atoms with E-state index in [1.807, 2.05) is 0 Å². The molecule has 4 nitrogen and oxygen atoms in total. The van der Waals surface area contributed by atoms with Gasteiger partial charge in [0, 0.05) is 0 Å².